The van der Waals surface area contributed by atoms with E-state index in [0.717, 1.165) is 46.4 Å². The number of hydrogen-bond donors (Lipinski definition) is 4. The minimum Gasteiger partial charge on any atom is -0.197 e. The van der Waals surface area contributed by atoms with Crippen molar-refractivity contribution in [2.75, 3.05) is 14.2 Å². The van der Waals surface area contributed by atoms with Crippen molar-refractivity contribution in [1.82, 2.24) is 0 Å². The zero-order valence-corrected chi connectivity index (χ0v) is 31.1. The average molecular weight is 736 g/mol. The van der Waals surface area contributed by atoms with E-state index >= 15 is 0 Å². The zero-order chi connectivity index (χ0) is 30.6. The first-order chi connectivity index (χ1) is 18.3. The summed E-state index contributed by atoms with van der Waals surface area (Å²) < 4.78 is 10.9. The fourth-order valence-electron chi connectivity index (χ4n) is 3.09. The maximum absolute atomic E-state index is 10.7. The van der Waals surface area contributed by atoms with E-state index in [-0.39, 0.29) is 25.4 Å². The topological polar surface area (TPSA) is 127 Å². The van der Waals surface area contributed by atoms with Gasteiger partial charge in [-0.3, -0.25) is 9.59 Å². The Morgan fingerprint density at radius 2 is 0.925 bits per heavy atom. The number of unbranched alkanes of at least 4 members (excludes halogenated alkanes) is 4. The van der Waals surface area contributed by atoms with Gasteiger partial charge in [0.05, 0.1) is 10.5 Å². The van der Waals surface area contributed by atoms with Crippen LogP contribution in [0.25, 0.3) is 0 Å². The predicted octanol–water partition coefficient (Wildman–Crippen LogP) is 6.72. The summed E-state index contributed by atoms with van der Waals surface area (Å²) in [4.78, 5) is 42.1. The van der Waals surface area contributed by atoms with Crippen molar-refractivity contribution in [1.29, 1.82) is 0 Å². The van der Waals surface area contributed by atoms with Crippen LogP contribution >= 0.6 is 38.8 Å². The Bertz CT molecular complexity index is 585. The summed E-state index contributed by atoms with van der Waals surface area (Å²) in [5.74, 6) is -0.394. The molecule has 238 valence electrons. The number of carboxylic acid groups (broad SMARTS) is 2. The molecule has 0 amide bonds. The van der Waals surface area contributed by atoms with Crippen molar-refractivity contribution in [2.45, 2.75) is 124 Å². The number of carboxylic acids is 2. The molecule has 0 fully saturated rings. The summed E-state index contributed by atoms with van der Waals surface area (Å²) in [5.41, 5.74) is 0. The Labute approximate surface area is 271 Å². The van der Waals surface area contributed by atoms with E-state index < -0.39 is 43.6 Å². The molecule has 0 aliphatic heterocycles. The molecule has 8 nitrogen and oxygen atoms in total. The molecule has 0 bridgehead atoms. The molecule has 2 radical (unpaired) electrons. The molecule has 40 heavy (non-hydrogen) atoms. The van der Waals surface area contributed by atoms with Gasteiger partial charge in [-0.05, 0) is 24.7 Å². The molecule has 2 atom stereocenters. The third kappa shape index (κ3) is 39.9. The van der Waals surface area contributed by atoms with E-state index in [1.807, 2.05) is 0 Å². The molecule has 0 spiro atoms. The van der Waals surface area contributed by atoms with Crippen LogP contribution in [-0.2, 0) is 28.7 Å². The van der Waals surface area contributed by atoms with Crippen LogP contribution in [0.1, 0.15) is 105 Å². The smallest absolute Gasteiger partial charge is 0.197 e. The largest absolute Gasteiger partial charge is 0.197 e. The van der Waals surface area contributed by atoms with Crippen molar-refractivity contribution < 1.29 is 38.9 Å². The van der Waals surface area contributed by atoms with E-state index in [4.69, 9.17) is 10.2 Å². The minimum absolute atomic E-state index is 0. The van der Waals surface area contributed by atoms with Gasteiger partial charge in [-0.1, -0.05) is 79.1 Å². The summed E-state index contributed by atoms with van der Waals surface area (Å²) >= 11 is 7.38. The fraction of sp³-hybridized carbons (Fsp3) is 0.857. The Morgan fingerprint density at radius 1 is 0.625 bits per heavy atom. The van der Waals surface area contributed by atoms with Crippen LogP contribution in [0, 0.1) is 11.8 Å². The molecule has 0 rings (SSSR count). The molecule has 0 aromatic rings. The van der Waals surface area contributed by atoms with Gasteiger partial charge in [0.1, 0.15) is 0 Å². The van der Waals surface area contributed by atoms with Gasteiger partial charge in [-0.2, -0.15) is 38.8 Å². The van der Waals surface area contributed by atoms with Crippen molar-refractivity contribution in [3.05, 3.63) is 0 Å². The van der Waals surface area contributed by atoms with Crippen LogP contribution in [-0.4, -0.2) is 80.0 Å². The van der Waals surface area contributed by atoms with Gasteiger partial charge in [0, 0.05) is 0 Å². The molecular weight excluding hydrogens is 679 g/mol. The van der Waals surface area contributed by atoms with Crippen molar-refractivity contribution in [3.8, 4) is 0 Å². The molecule has 2 N–H and O–H groups in total. The Balaban J connectivity index is -0.000000240. The van der Waals surface area contributed by atoms with Gasteiger partial charge in [0.15, 0.2) is 0 Å². The first-order valence-electron chi connectivity index (χ1n) is 13.9. The van der Waals surface area contributed by atoms with Gasteiger partial charge >= 0.3 is 100 Å². The first kappa shape index (κ1) is 46.7. The third-order valence-electron chi connectivity index (χ3n) is 5.56. The number of aliphatic carboxylic acids is 2. The van der Waals surface area contributed by atoms with E-state index in [2.05, 4.69) is 62.4 Å². The number of ether oxygens (including phenoxy) is 2. The maximum Gasteiger partial charge on any atom is -0.197 e. The number of carbonyl (C=O) groups is 4. The second-order valence-corrected chi connectivity index (χ2v) is 15.7. The molecule has 0 saturated carbocycles. The summed E-state index contributed by atoms with van der Waals surface area (Å²) in [6.45, 7) is 8.83. The first-order valence-corrected chi connectivity index (χ1v) is 19.0. The van der Waals surface area contributed by atoms with Crippen LogP contribution in [0.5, 0.6) is 0 Å². The minimum atomic E-state index is -0.799. The number of esters is 2. The Morgan fingerprint density at radius 3 is 1.18 bits per heavy atom. The second-order valence-electron chi connectivity index (χ2n) is 10.2. The summed E-state index contributed by atoms with van der Waals surface area (Å²) in [6, 6.07) is 0. The SMILES string of the molecule is CC(C)CCCCCC(S)C(=O)O.CC(C)CCCCCC(S)C(=O)O.COC(=O)C[CH2][Sn][CH2]CC(=O)OC.S. The number of methoxy groups -OCH3 is 2. The van der Waals surface area contributed by atoms with Gasteiger partial charge in [0.25, 0.3) is 0 Å². The van der Waals surface area contributed by atoms with E-state index in [1.165, 1.54) is 39.9 Å². The second kappa shape index (κ2) is 33.2. The Hall–Kier alpha value is -0.271. The van der Waals surface area contributed by atoms with E-state index in [0.29, 0.717) is 25.7 Å². The third-order valence-corrected chi connectivity index (χ3v) is 9.96. The van der Waals surface area contributed by atoms with Gasteiger partial charge in [-0.25, -0.2) is 0 Å². The van der Waals surface area contributed by atoms with Gasteiger partial charge in [0.2, 0.25) is 0 Å². The van der Waals surface area contributed by atoms with Gasteiger partial charge < -0.3 is 10.2 Å². The normalized spacial score (nSPS) is 11.7. The number of rotatable bonds is 20. The molecule has 0 aliphatic rings. The number of carbonyl (C=O) groups excluding carboxylic acids is 2. The van der Waals surface area contributed by atoms with E-state index in [1.54, 1.807) is 0 Å². The molecule has 2 unspecified atom stereocenters. The molecule has 12 heteroatoms. The quantitative estimate of drug-likeness (QED) is 0.0470. The number of thiol groups is 2. The van der Waals surface area contributed by atoms with Crippen molar-refractivity contribution in [2.24, 2.45) is 11.8 Å². The molecule has 0 aromatic carbocycles. The Kier molecular flexibility index (Phi) is 38.8. The molecule has 0 aliphatic carbocycles. The van der Waals surface area contributed by atoms with Crippen LogP contribution in [0.15, 0.2) is 0 Å². The maximum atomic E-state index is 10.7. The average Bonchev–Trinajstić information content (AvgIpc) is 2.87. The standard InChI is InChI=1S/2C10H20O2S.2C4H7O2.H2S.Sn/c2*1-8(2)6-4-3-5-7-9(13)10(11)12;2*1-3-4(5)6-2;;/h2*8-9,13H,3-7H2,1-2H3,(H,11,12);2*1,3H2,2H3;1H2;. The van der Waals surface area contributed by atoms with Crippen LogP contribution in [0.3, 0.4) is 0 Å². The van der Waals surface area contributed by atoms with Crippen molar-refractivity contribution >= 4 is 83.8 Å². The molecule has 0 aromatic heterocycles. The van der Waals surface area contributed by atoms with Crippen LogP contribution in [0.2, 0.25) is 8.87 Å². The summed E-state index contributed by atoms with van der Waals surface area (Å²) in [5, 5.41) is 16.2. The predicted molar refractivity (Wildman–Crippen MR) is 176 cm³/mol. The fourth-order valence-corrected chi connectivity index (χ4v) is 6.34. The molecule has 0 saturated heterocycles. The van der Waals surface area contributed by atoms with E-state index in [9.17, 15) is 19.2 Å². The summed E-state index contributed by atoms with van der Waals surface area (Å²) in [7, 11) is 2.78. The zero-order valence-electron chi connectivity index (χ0n) is 25.4. The molecule has 0 heterocycles. The number of hydrogen-bond acceptors (Lipinski definition) is 8. The molecular formula is C28H56O8S3Sn. The van der Waals surface area contributed by atoms with Crippen molar-refractivity contribution in [3.63, 3.8) is 0 Å². The van der Waals surface area contributed by atoms with Gasteiger partial charge in [-0.15, -0.1) is 0 Å². The van der Waals surface area contributed by atoms with Crippen LogP contribution in [0.4, 0.5) is 0 Å². The monoisotopic (exact) mass is 736 g/mol. The summed E-state index contributed by atoms with van der Waals surface area (Å²) in [6.07, 6.45) is 11.5. The van der Waals surface area contributed by atoms with Crippen LogP contribution < -0.4 is 0 Å².